The fourth-order valence-electron chi connectivity index (χ4n) is 3.25. The van der Waals surface area contributed by atoms with E-state index in [0.29, 0.717) is 17.1 Å². The Labute approximate surface area is 153 Å². The van der Waals surface area contributed by atoms with Gasteiger partial charge in [-0.15, -0.1) is 0 Å². The SMILES string of the molecule is COc1ccc(C(=O)CCC(=O)Nc2ccc3c(c2)CCC3)cc1OC. The van der Waals surface area contributed by atoms with Crippen molar-refractivity contribution >= 4 is 17.4 Å². The van der Waals surface area contributed by atoms with Crippen LogP contribution in [0.1, 0.15) is 40.7 Å². The summed E-state index contributed by atoms with van der Waals surface area (Å²) in [7, 11) is 3.07. The molecule has 0 aliphatic heterocycles. The van der Waals surface area contributed by atoms with Crippen molar-refractivity contribution in [3.63, 3.8) is 0 Å². The molecule has 0 unspecified atom stereocenters. The molecule has 0 atom stereocenters. The number of ether oxygens (including phenoxy) is 2. The summed E-state index contributed by atoms with van der Waals surface area (Å²) in [6, 6.07) is 11.1. The molecule has 0 saturated carbocycles. The van der Waals surface area contributed by atoms with Crippen LogP contribution in [0.25, 0.3) is 0 Å². The fourth-order valence-corrected chi connectivity index (χ4v) is 3.25. The van der Waals surface area contributed by atoms with Crippen molar-refractivity contribution in [2.75, 3.05) is 19.5 Å². The van der Waals surface area contributed by atoms with Gasteiger partial charge in [-0.3, -0.25) is 9.59 Å². The highest BCUT2D eigenvalue weighted by Gasteiger charge is 2.14. The van der Waals surface area contributed by atoms with Gasteiger partial charge in [0, 0.05) is 24.1 Å². The van der Waals surface area contributed by atoms with Crippen LogP contribution in [0, 0.1) is 0 Å². The van der Waals surface area contributed by atoms with Gasteiger partial charge < -0.3 is 14.8 Å². The summed E-state index contributed by atoms with van der Waals surface area (Å²) >= 11 is 0. The average molecular weight is 353 g/mol. The fraction of sp³-hybridized carbons (Fsp3) is 0.333. The predicted molar refractivity (Wildman–Crippen MR) is 100 cm³/mol. The highest BCUT2D eigenvalue weighted by Crippen LogP contribution is 2.28. The largest absolute Gasteiger partial charge is 0.493 e. The van der Waals surface area contributed by atoms with Crippen molar-refractivity contribution < 1.29 is 19.1 Å². The maximum absolute atomic E-state index is 12.3. The zero-order chi connectivity index (χ0) is 18.5. The molecule has 0 saturated heterocycles. The molecule has 0 fully saturated rings. The van der Waals surface area contributed by atoms with E-state index in [0.717, 1.165) is 18.5 Å². The molecule has 2 aromatic rings. The van der Waals surface area contributed by atoms with Crippen molar-refractivity contribution in [1.29, 1.82) is 0 Å². The van der Waals surface area contributed by atoms with Gasteiger partial charge in [-0.25, -0.2) is 0 Å². The Morgan fingerprint density at radius 3 is 2.46 bits per heavy atom. The predicted octanol–water partition coefficient (Wildman–Crippen LogP) is 3.79. The highest BCUT2D eigenvalue weighted by molar-refractivity contribution is 6.00. The minimum atomic E-state index is -0.156. The number of carbonyl (C=O) groups is 2. The van der Waals surface area contributed by atoms with Crippen molar-refractivity contribution in [2.45, 2.75) is 32.1 Å². The number of benzene rings is 2. The molecule has 1 aliphatic rings. The molecule has 0 radical (unpaired) electrons. The van der Waals surface area contributed by atoms with Crippen LogP contribution in [-0.4, -0.2) is 25.9 Å². The number of amides is 1. The van der Waals surface area contributed by atoms with Crippen molar-refractivity contribution in [1.82, 2.24) is 0 Å². The quantitative estimate of drug-likeness (QED) is 0.769. The molecular formula is C21H23NO4. The van der Waals surface area contributed by atoms with E-state index in [-0.39, 0.29) is 24.5 Å². The average Bonchev–Trinajstić information content (AvgIpc) is 3.13. The Hall–Kier alpha value is -2.82. The van der Waals surface area contributed by atoms with Crippen LogP contribution in [0.2, 0.25) is 0 Å². The summed E-state index contributed by atoms with van der Waals surface area (Å²) in [6.07, 6.45) is 3.64. The number of aryl methyl sites for hydroxylation is 2. The topological polar surface area (TPSA) is 64.6 Å². The second kappa shape index (κ2) is 8.04. The number of methoxy groups -OCH3 is 2. The lowest BCUT2D eigenvalue weighted by Crippen LogP contribution is -2.13. The molecule has 3 rings (SSSR count). The van der Waals surface area contributed by atoms with Gasteiger partial charge in [0.1, 0.15) is 0 Å². The molecule has 136 valence electrons. The second-order valence-corrected chi connectivity index (χ2v) is 6.38. The number of ketones is 1. The van der Waals surface area contributed by atoms with Crippen LogP contribution >= 0.6 is 0 Å². The minimum Gasteiger partial charge on any atom is -0.493 e. The summed E-state index contributed by atoms with van der Waals surface area (Å²) in [6.45, 7) is 0. The van der Waals surface area contributed by atoms with Crippen LogP contribution in [-0.2, 0) is 17.6 Å². The van der Waals surface area contributed by atoms with Gasteiger partial charge in [-0.1, -0.05) is 6.07 Å². The molecule has 0 spiro atoms. The first-order valence-electron chi connectivity index (χ1n) is 8.77. The Morgan fingerprint density at radius 2 is 1.69 bits per heavy atom. The lowest BCUT2D eigenvalue weighted by Gasteiger charge is -2.09. The molecule has 1 aliphatic carbocycles. The molecule has 2 aromatic carbocycles. The van der Waals surface area contributed by atoms with Crippen molar-refractivity contribution in [2.24, 2.45) is 0 Å². The van der Waals surface area contributed by atoms with Crippen molar-refractivity contribution in [3.8, 4) is 11.5 Å². The lowest BCUT2D eigenvalue weighted by atomic mass is 10.1. The number of nitrogens with one attached hydrogen (secondary N) is 1. The Balaban J connectivity index is 1.56. The molecule has 0 heterocycles. The summed E-state index contributed by atoms with van der Waals surface area (Å²) in [4.78, 5) is 24.5. The number of hydrogen-bond acceptors (Lipinski definition) is 4. The van der Waals surface area contributed by atoms with Crippen LogP contribution in [0.3, 0.4) is 0 Å². The van der Waals surface area contributed by atoms with E-state index in [9.17, 15) is 9.59 Å². The van der Waals surface area contributed by atoms with E-state index in [1.54, 1.807) is 25.3 Å². The molecule has 26 heavy (non-hydrogen) atoms. The van der Waals surface area contributed by atoms with Crippen LogP contribution in [0.5, 0.6) is 11.5 Å². The lowest BCUT2D eigenvalue weighted by molar-refractivity contribution is -0.116. The number of anilines is 1. The Bertz CT molecular complexity index is 829. The molecular weight excluding hydrogens is 330 g/mol. The zero-order valence-electron chi connectivity index (χ0n) is 15.1. The van der Waals surface area contributed by atoms with Gasteiger partial charge in [0.25, 0.3) is 0 Å². The Kier molecular flexibility index (Phi) is 5.56. The normalized spacial score (nSPS) is 12.4. The maximum atomic E-state index is 12.3. The molecule has 1 N–H and O–H groups in total. The first kappa shape index (κ1) is 18.0. The monoisotopic (exact) mass is 353 g/mol. The zero-order valence-corrected chi connectivity index (χ0v) is 15.1. The number of rotatable bonds is 7. The number of carbonyl (C=O) groups excluding carboxylic acids is 2. The van der Waals surface area contributed by atoms with Gasteiger partial charge in [0.2, 0.25) is 5.91 Å². The standard InChI is InChI=1S/C21H23NO4/c1-25-19-10-7-16(13-20(19)26-2)18(23)9-11-21(24)22-17-8-6-14-4-3-5-15(14)12-17/h6-8,10,12-13H,3-5,9,11H2,1-2H3,(H,22,24). The highest BCUT2D eigenvalue weighted by atomic mass is 16.5. The second-order valence-electron chi connectivity index (χ2n) is 6.38. The van der Waals surface area contributed by atoms with E-state index in [1.807, 2.05) is 12.1 Å². The third-order valence-corrected chi connectivity index (χ3v) is 4.67. The van der Waals surface area contributed by atoms with Crippen LogP contribution in [0.15, 0.2) is 36.4 Å². The van der Waals surface area contributed by atoms with Gasteiger partial charge in [-0.05, 0) is 60.7 Å². The van der Waals surface area contributed by atoms with E-state index in [2.05, 4.69) is 11.4 Å². The summed E-state index contributed by atoms with van der Waals surface area (Å²) < 4.78 is 10.4. The first-order chi connectivity index (χ1) is 12.6. The number of fused-ring (bicyclic) bond motifs is 1. The third-order valence-electron chi connectivity index (χ3n) is 4.67. The van der Waals surface area contributed by atoms with E-state index in [1.165, 1.54) is 24.7 Å². The minimum absolute atomic E-state index is 0.102. The van der Waals surface area contributed by atoms with Gasteiger partial charge in [0.05, 0.1) is 14.2 Å². The van der Waals surface area contributed by atoms with E-state index < -0.39 is 0 Å². The first-order valence-corrected chi connectivity index (χ1v) is 8.77. The van der Waals surface area contributed by atoms with Crippen LogP contribution < -0.4 is 14.8 Å². The molecule has 0 bridgehead atoms. The van der Waals surface area contributed by atoms with E-state index >= 15 is 0 Å². The smallest absolute Gasteiger partial charge is 0.224 e. The number of hydrogen-bond donors (Lipinski definition) is 1. The van der Waals surface area contributed by atoms with Gasteiger partial charge in [0.15, 0.2) is 17.3 Å². The van der Waals surface area contributed by atoms with Crippen LogP contribution in [0.4, 0.5) is 5.69 Å². The maximum Gasteiger partial charge on any atom is 0.224 e. The molecule has 1 amide bonds. The Morgan fingerprint density at radius 1 is 0.923 bits per heavy atom. The summed E-state index contributed by atoms with van der Waals surface area (Å²) in [5.74, 6) is 0.811. The molecule has 0 aromatic heterocycles. The van der Waals surface area contributed by atoms with Gasteiger partial charge in [-0.2, -0.15) is 0 Å². The third kappa shape index (κ3) is 4.04. The number of Topliss-reactive ketones (excluding diaryl/α,β-unsaturated/α-hetero) is 1. The van der Waals surface area contributed by atoms with E-state index in [4.69, 9.17) is 9.47 Å². The molecule has 5 nitrogen and oxygen atoms in total. The molecule has 5 heteroatoms. The summed E-state index contributed by atoms with van der Waals surface area (Å²) in [5, 5.41) is 2.88. The summed E-state index contributed by atoms with van der Waals surface area (Å²) in [5.41, 5.74) is 3.98. The van der Waals surface area contributed by atoms with Gasteiger partial charge >= 0.3 is 0 Å². The van der Waals surface area contributed by atoms with Crippen molar-refractivity contribution in [3.05, 3.63) is 53.1 Å².